The highest BCUT2D eigenvalue weighted by Gasteiger charge is 2.47. The van der Waals surface area contributed by atoms with Crippen LogP contribution in [0.15, 0.2) is 36.5 Å². The van der Waals surface area contributed by atoms with Gasteiger partial charge in [0.15, 0.2) is 0 Å². The number of fused-ring (bicyclic) bond motifs is 1. The molecule has 2 amide bonds. The fourth-order valence-corrected chi connectivity index (χ4v) is 3.75. The Labute approximate surface area is 155 Å². The Kier molecular flexibility index (Phi) is 4.57. The highest BCUT2D eigenvalue weighted by Crippen LogP contribution is 2.35. The number of halogens is 1. The van der Waals surface area contributed by atoms with Crippen LogP contribution in [-0.4, -0.2) is 58.5 Å². The zero-order valence-electron chi connectivity index (χ0n) is 14.8. The molecule has 2 aromatic rings. The first-order valence-electron chi connectivity index (χ1n) is 8.77. The van der Waals surface area contributed by atoms with Crippen molar-refractivity contribution >= 4 is 11.8 Å². The molecule has 2 aliphatic heterocycles. The monoisotopic (exact) mass is 370 g/mol. The van der Waals surface area contributed by atoms with Crippen LogP contribution in [0.1, 0.15) is 27.8 Å². The van der Waals surface area contributed by atoms with Crippen molar-refractivity contribution in [3.63, 3.8) is 0 Å². The Morgan fingerprint density at radius 3 is 2.81 bits per heavy atom. The van der Waals surface area contributed by atoms with Gasteiger partial charge in [-0.2, -0.15) is 0 Å². The number of aryl methyl sites for hydroxylation is 1. The van der Waals surface area contributed by atoms with Crippen LogP contribution in [0.3, 0.4) is 0 Å². The summed E-state index contributed by atoms with van der Waals surface area (Å²) in [4.78, 5) is 34.8. The zero-order valence-corrected chi connectivity index (χ0v) is 14.8. The van der Waals surface area contributed by atoms with Crippen molar-refractivity contribution < 1.29 is 18.7 Å². The highest BCUT2D eigenvalue weighted by molar-refractivity contribution is 5.93. The third-order valence-corrected chi connectivity index (χ3v) is 5.04. The van der Waals surface area contributed by atoms with Crippen LogP contribution < -0.4 is 5.32 Å². The molecule has 3 heterocycles. The predicted molar refractivity (Wildman–Crippen MR) is 93.5 cm³/mol. The first kappa shape index (κ1) is 17.5. The average Bonchev–Trinajstić information content (AvgIpc) is 2.92. The van der Waals surface area contributed by atoms with E-state index < -0.39 is 0 Å². The Bertz CT molecular complexity index is 874. The van der Waals surface area contributed by atoms with E-state index >= 15 is 0 Å². The van der Waals surface area contributed by atoms with Crippen molar-refractivity contribution in [2.45, 2.75) is 25.0 Å². The van der Waals surface area contributed by atoms with Gasteiger partial charge in [0, 0.05) is 25.2 Å². The molecule has 27 heavy (non-hydrogen) atoms. The number of likely N-dealkylation sites (tertiary alicyclic amines) is 1. The topological polar surface area (TPSA) is 84.4 Å². The molecule has 0 spiro atoms. The maximum atomic E-state index is 13.3. The number of benzene rings is 1. The second-order valence-corrected chi connectivity index (χ2v) is 6.75. The van der Waals surface area contributed by atoms with Crippen molar-refractivity contribution in [3.8, 4) is 0 Å². The van der Waals surface area contributed by atoms with Crippen LogP contribution in [0.5, 0.6) is 0 Å². The normalized spacial score (nSPS) is 24.9. The summed E-state index contributed by atoms with van der Waals surface area (Å²) in [6.07, 6.45) is 1.19. The Morgan fingerprint density at radius 2 is 2.07 bits per heavy atom. The van der Waals surface area contributed by atoms with Gasteiger partial charge in [-0.1, -0.05) is 12.1 Å². The van der Waals surface area contributed by atoms with Crippen LogP contribution in [0.4, 0.5) is 4.39 Å². The van der Waals surface area contributed by atoms with Crippen LogP contribution in [0, 0.1) is 12.7 Å². The highest BCUT2D eigenvalue weighted by atomic mass is 19.1. The third kappa shape index (κ3) is 3.40. The quantitative estimate of drug-likeness (QED) is 0.854. The van der Waals surface area contributed by atoms with Gasteiger partial charge < -0.3 is 15.0 Å². The van der Waals surface area contributed by atoms with E-state index in [1.807, 2.05) is 0 Å². The van der Waals surface area contributed by atoms with Gasteiger partial charge in [0.2, 0.25) is 5.91 Å². The molecule has 2 aliphatic rings. The fourth-order valence-electron chi connectivity index (χ4n) is 3.75. The van der Waals surface area contributed by atoms with Crippen LogP contribution in [0.2, 0.25) is 0 Å². The van der Waals surface area contributed by atoms with Gasteiger partial charge in [-0.3, -0.25) is 9.59 Å². The van der Waals surface area contributed by atoms with Gasteiger partial charge in [-0.15, -0.1) is 0 Å². The maximum Gasteiger partial charge on any atom is 0.273 e. The lowest BCUT2D eigenvalue weighted by atomic mass is 9.93. The Morgan fingerprint density at radius 1 is 1.30 bits per heavy atom. The molecule has 7 nitrogen and oxygen atoms in total. The second kappa shape index (κ2) is 7.03. The lowest BCUT2D eigenvalue weighted by molar-refractivity contribution is -0.125. The number of hydrogen-bond acceptors (Lipinski definition) is 5. The largest absolute Gasteiger partial charge is 0.365 e. The van der Waals surface area contributed by atoms with Crippen molar-refractivity contribution in [1.29, 1.82) is 0 Å². The second-order valence-electron chi connectivity index (χ2n) is 6.75. The lowest BCUT2D eigenvalue weighted by Gasteiger charge is -2.26. The molecule has 0 radical (unpaired) electrons. The summed E-state index contributed by atoms with van der Waals surface area (Å²) in [5.74, 6) is -0.420. The van der Waals surface area contributed by atoms with Crippen LogP contribution >= 0.6 is 0 Å². The van der Waals surface area contributed by atoms with E-state index in [1.165, 1.54) is 12.1 Å². The van der Waals surface area contributed by atoms with Crippen molar-refractivity contribution in [3.05, 3.63) is 59.4 Å². The van der Waals surface area contributed by atoms with E-state index in [4.69, 9.17) is 4.74 Å². The first-order chi connectivity index (χ1) is 13.0. The minimum Gasteiger partial charge on any atom is -0.365 e. The van der Waals surface area contributed by atoms with Crippen molar-refractivity contribution in [2.75, 3.05) is 19.7 Å². The van der Waals surface area contributed by atoms with Gasteiger partial charge >= 0.3 is 0 Å². The molecule has 2 fully saturated rings. The molecular formula is C19H19FN4O3. The van der Waals surface area contributed by atoms with Crippen molar-refractivity contribution in [1.82, 2.24) is 20.2 Å². The molecule has 1 aromatic heterocycles. The number of carbonyl (C=O) groups excluding carboxylic acids is 2. The molecule has 3 atom stereocenters. The van der Waals surface area contributed by atoms with Gasteiger partial charge in [0.05, 0.1) is 12.1 Å². The molecule has 4 rings (SSSR count). The molecule has 140 valence electrons. The van der Waals surface area contributed by atoms with Gasteiger partial charge in [0.25, 0.3) is 5.91 Å². The molecule has 2 saturated heterocycles. The minimum atomic E-state index is -0.360. The lowest BCUT2D eigenvalue weighted by Crippen LogP contribution is -2.45. The molecule has 8 heteroatoms. The molecule has 1 N–H and O–H groups in total. The number of hydrogen-bond donors (Lipinski definition) is 1. The van der Waals surface area contributed by atoms with Crippen LogP contribution in [-0.2, 0) is 9.53 Å². The molecule has 0 bridgehead atoms. The van der Waals surface area contributed by atoms with E-state index in [-0.39, 0.29) is 42.3 Å². The Hall–Kier alpha value is -2.87. The summed E-state index contributed by atoms with van der Waals surface area (Å²) in [6, 6.07) is 7.43. The standard InChI is InChI=1S/C19H19FN4O3/c1-11-21-7-6-15(23-11)19(26)24-9-14(12-2-4-13(20)5-3-12)18-16(24)8-22-17(25)10-27-18/h2-7,14,16,18H,8-10H2,1H3,(H,22,25)/t14-,16-,18-/m1/s1. The number of nitrogens with one attached hydrogen (secondary N) is 1. The van der Waals surface area contributed by atoms with Gasteiger partial charge in [0.1, 0.15) is 23.9 Å². The number of ether oxygens (including phenoxy) is 1. The van der Waals surface area contributed by atoms with Crippen molar-refractivity contribution in [2.24, 2.45) is 0 Å². The maximum absolute atomic E-state index is 13.3. The smallest absolute Gasteiger partial charge is 0.273 e. The zero-order chi connectivity index (χ0) is 19.0. The van der Waals surface area contributed by atoms with Gasteiger partial charge in [-0.25, -0.2) is 14.4 Å². The Balaban J connectivity index is 1.68. The predicted octanol–water partition coefficient (Wildman–Crippen LogP) is 1.05. The molecule has 0 unspecified atom stereocenters. The third-order valence-electron chi connectivity index (χ3n) is 5.04. The van der Waals surface area contributed by atoms with E-state index in [9.17, 15) is 14.0 Å². The summed E-state index contributed by atoms with van der Waals surface area (Å²) in [6.45, 7) is 2.36. The van der Waals surface area contributed by atoms with E-state index in [2.05, 4.69) is 15.3 Å². The van der Waals surface area contributed by atoms with Gasteiger partial charge in [-0.05, 0) is 30.7 Å². The fraction of sp³-hybridized carbons (Fsp3) is 0.368. The molecule has 0 aliphatic carbocycles. The summed E-state index contributed by atoms with van der Waals surface area (Å²) < 4.78 is 19.2. The molecule has 0 saturated carbocycles. The number of nitrogens with zero attached hydrogens (tertiary/aromatic N) is 3. The molecular weight excluding hydrogens is 351 g/mol. The number of amides is 2. The first-order valence-corrected chi connectivity index (χ1v) is 8.77. The van der Waals surface area contributed by atoms with Crippen LogP contribution in [0.25, 0.3) is 0 Å². The summed E-state index contributed by atoms with van der Waals surface area (Å²) >= 11 is 0. The number of aromatic nitrogens is 2. The van der Waals surface area contributed by atoms with E-state index in [0.29, 0.717) is 24.6 Å². The van der Waals surface area contributed by atoms with E-state index in [0.717, 1.165) is 5.56 Å². The number of carbonyl (C=O) groups is 2. The minimum absolute atomic E-state index is 0.0620. The summed E-state index contributed by atoms with van der Waals surface area (Å²) in [5, 5.41) is 2.79. The average molecular weight is 370 g/mol. The van der Waals surface area contributed by atoms with E-state index in [1.54, 1.807) is 36.2 Å². The summed E-state index contributed by atoms with van der Waals surface area (Å²) in [5.41, 5.74) is 1.17. The SMILES string of the molecule is Cc1nccc(C(=O)N2C[C@H](c3ccc(F)cc3)[C@H]3OCC(=O)NC[C@H]32)n1. The number of rotatable bonds is 2. The summed E-state index contributed by atoms with van der Waals surface area (Å²) in [7, 11) is 0. The molecule has 1 aromatic carbocycles.